The third kappa shape index (κ3) is 3.71. The molecule has 5 rings (SSSR count). The van der Waals surface area contributed by atoms with Crippen molar-refractivity contribution >= 4 is 45.8 Å². The average Bonchev–Trinajstić information content (AvgIpc) is 3.55. The minimum Gasteiger partial charge on any atom is -0.458 e. The van der Waals surface area contributed by atoms with Crippen LogP contribution in [0.5, 0.6) is 0 Å². The average molecular weight is 506 g/mol. The maximum Gasteiger partial charge on any atom is 0.338 e. The first-order chi connectivity index (χ1) is 17.0. The van der Waals surface area contributed by atoms with Gasteiger partial charge in [0.15, 0.2) is 4.80 Å². The molecule has 7 nitrogen and oxygen atoms in total. The quantitative estimate of drug-likeness (QED) is 0.381. The SMILES string of the molecule is C=CCOC(=O)C1=C(C)N=c2sc(=C3C(=O)N(CCC)c4ccccc43)c(=O)n2C1c1cccs1. The van der Waals surface area contributed by atoms with Gasteiger partial charge in [0.25, 0.3) is 11.5 Å². The van der Waals surface area contributed by atoms with E-state index in [9.17, 15) is 14.4 Å². The summed E-state index contributed by atoms with van der Waals surface area (Å²) in [5.41, 5.74) is 2.39. The Hall–Kier alpha value is -3.56. The van der Waals surface area contributed by atoms with Gasteiger partial charge in [-0.05, 0) is 30.9 Å². The highest BCUT2D eigenvalue weighted by atomic mass is 32.1. The molecule has 1 atom stereocenters. The number of allylic oxidation sites excluding steroid dienone is 1. The lowest BCUT2D eigenvalue weighted by Gasteiger charge is -2.23. The highest BCUT2D eigenvalue weighted by Crippen LogP contribution is 2.36. The molecule has 0 N–H and O–H groups in total. The lowest BCUT2D eigenvalue weighted by Crippen LogP contribution is -2.40. The number of aromatic nitrogens is 1. The zero-order valence-corrected chi connectivity index (χ0v) is 20.9. The molecular formula is C26H23N3O4S2. The molecular weight excluding hydrogens is 482 g/mol. The Morgan fingerprint density at radius 1 is 1.23 bits per heavy atom. The normalized spacial score (nSPS) is 18.3. The third-order valence-electron chi connectivity index (χ3n) is 5.96. The number of nitrogens with zero attached hydrogens (tertiary/aromatic N) is 3. The largest absolute Gasteiger partial charge is 0.458 e. The summed E-state index contributed by atoms with van der Waals surface area (Å²) >= 11 is 2.63. The van der Waals surface area contributed by atoms with E-state index in [2.05, 4.69) is 11.6 Å². The molecule has 0 radical (unpaired) electrons. The Bertz CT molecular complexity index is 1560. The number of hydrogen-bond acceptors (Lipinski definition) is 7. The minimum absolute atomic E-state index is 0.0554. The van der Waals surface area contributed by atoms with Gasteiger partial charge in [0.1, 0.15) is 17.2 Å². The molecule has 2 aliphatic rings. The van der Waals surface area contributed by atoms with Crippen LogP contribution in [0.2, 0.25) is 0 Å². The van der Waals surface area contributed by atoms with Crippen molar-refractivity contribution in [2.45, 2.75) is 26.3 Å². The number of ether oxygens (including phenoxy) is 1. The third-order valence-corrected chi connectivity index (χ3v) is 7.94. The number of esters is 1. The Morgan fingerprint density at radius 3 is 2.74 bits per heavy atom. The van der Waals surface area contributed by atoms with E-state index in [1.54, 1.807) is 11.8 Å². The number of carbonyl (C=O) groups is 2. The summed E-state index contributed by atoms with van der Waals surface area (Å²) in [5.74, 6) is -0.730. The number of hydrogen-bond donors (Lipinski definition) is 0. The van der Waals surface area contributed by atoms with E-state index < -0.39 is 12.0 Å². The van der Waals surface area contributed by atoms with Gasteiger partial charge >= 0.3 is 5.97 Å². The number of amides is 1. The Kier molecular flexibility index (Phi) is 6.12. The Morgan fingerprint density at radius 2 is 2.03 bits per heavy atom. The van der Waals surface area contributed by atoms with Gasteiger partial charge in [0.05, 0.1) is 22.5 Å². The van der Waals surface area contributed by atoms with Gasteiger partial charge in [0.2, 0.25) is 0 Å². The summed E-state index contributed by atoms with van der Waals surface area (Å²) in [5, 5.41) is 1.90. The second-order valence-electron chi connectivity index (χ2n) is 8.15. The van der Waals surface area contributed by atoms with Crippen LogP contribution >= 0.6 is 22.7 Å². The first-order valence-corrected chi connectivity index (χ1v) is 12.9. The highest BCUT2D eigenvalue weighted by molar-refractivity contribution is 7.10. The van der Waals surface area contributed by atoms with E-state index in [1.165, 1.54) is 33.3 Å². The molecule has 0 spiro atoms. The van der Waals surface area contributed by atoms with Crippen molar-refractivity contribution in [1.29, 1.82) is 0 Å². The standard InChI is InChI=1S/C26H23N3O4S2/c1-4-12-28-17-10-7-6-9-16(17)20(23(28)30)22-24(31)29-21(18-11-8-14-34-18)19(25(32)33-13-5-2)15(3)27-26(29)35-22/h5-11,14,21H,2,4,12-13H2,1,3H3. The Balaban J connectivity index is 1.78. The zero-order valence-electron chi connectivity index (χ0n) is 19.3. The molecule has 1 amide bonds. The zero-order chi connectivity index (χ0) is 24.7. The van der Waals surface area contributed by atoms with Crippen LogP contribution in [0.25, 0.3) is 5.57 Å². The van der Waals surface area contributed by atoms with Crippen LogP contribution in [-0.2, 0) is 14.3 Å². The van der Waals surface area contributed by atoms with E-state index in [0.717, 1.165) is 22.5 Å². The number of benzene rings is 1. The van der Waals surface area contributed by atoms with Gasteiger partial charge in [-0.15, -0.1) is 11.3 Å². The van der Waals surface area contributed by atoms with E-state index in [1.807, 2.05) is 48.7 Å². The van der Waals surface area contributed by atoms with Gasteiger partial charge < -0.3 is 9.64 Å². The maximum absolute atomic E-state index is 14.0. The number of para-hydroxylation sites is 1. The molecule has 3 aromatic rings. The molecule has 4 heterocycles. The second-order valence-corrected chi connectivity index (χ2v) is 10.1. The first-order valence-electron chi connectivity index (χ1n) is 11.3. The summed E-state index contributed by atoms with van der Waals surface area (Å²) < 4.78 is 7.20. The summed E-state index contributed by atoms with van der Waals surface area (Å²) in [6, 6.07) is 10.6. The summed E-state index contributed by atoms with van der Waals surface area (Å²) in [6.45, 7) is 7.97. The van der Waals surface area contributed by atoms with Crippen molar-refractivity contribution in [1.82, 2.24) is 4.57 Å². The van der Waals surface area contributed by atoms with Crippen LogP contribution < -0.4 is 19.8 Å². The van der Waals surface area contributed by atoms with E-state index in [-0.39, 0.29) is 18.1 Å². The molecule has 1 aromatic carbocycles. The molecule has 0 bridgehead atoms. The van der Waals surface area contributed by atoms with Crippen molar-refractivity contribution < 1.29 is 14.3 Å². The topological polar surface area (TPSA) is 81.0 Å². The lowest BCUT2D eigenvalue weighted by atomic mass is 10.0. The molecule has 0 saturated carbocycles. The second kappa shape index (κ2) is 9.24. The molecule has 2 aromatic heterocycles. The number of thiophene rings is 1. The fourth-order valence-corrected chi connectivity index (χ4v) is 6.47. The molecule has 178 valence electrons. The number of carbonyl (C=O) groups excluding carboxylic acids is 2. The van der Waals surface area contributed by atoms with Crippen molar-refractivity contribution in [3.63, 3.8) is 0 Å². The van der Waals surface area contributed by atoms with Gasteiger partial charge in [-0.25, -0.2) is 9.79 Å². The minimum atomic E-state index is -0.684. The highest BCUT2D eigenvalue weighted by Gasteiger charge is 2.37. The number of fused-ring (bicyclic) bond motifs is 2. The van der Waals surface area contributed by atoms with E-state index in [0.29, 0.717) is 32.7 Å². The fraction of sp³-hybridized carbons (Fsp3) is 0.231. The van der Waals surface area contributed by atoms with E-state index >= 15 is 0 Å². The summed E-state index contributed by atoms with van der Waals surface area (Å²) in [7, 11) is 0. The van der Waals surface area contributed by atoms with Crippen LogP contribution in [0.1, 0.15) is 36.8 Å². The number of rotatable bonds is 6. The monoisotopic (exact) mass is 505 g/mol. The number of thiazole rings is 1. The predicted octanol–water partition coefficient (Wildman–Crippen LogP) is 3.15. The summed E-state index contributed by atoms with van der Waals surface area (Å²) in [4.78, 5) is 48.1. The lowest BCUT2D eigenvalue weighted by molar-refractivity contribution is -0.138. The van der Waals surface area contributed by atoms with Gasteiger partial charge in [-0.2, -0.15) is 0 Å². The van der Waals surface area contributed by atoms with Crippen LogP contribution in [0.3, 0.4) is 0 Å². The molecule has 0 aliphatic carbocycles. The van der Waals surface area contributed by atoms with E-state index in [4.69, 9.17) is 4.74 Å². The van der Waals surface area contributed by atoms with Crippen molar-refractivity contribution in [3.05, 3.63) is 95.8 Å². The van der Waals surface area contributed by atoms with Crippen molar-refractivity contribution in [2.75, 3.05) is 18.1 Å². The molecule has 0 saturated heterocycles. The van der Waals surface area contributed by atoms with Crippen LogP contribution in [-0.4, -0.2) is 29.6 Å². The van der Waals surface area contributed by atoms with Crippen molar-refractivity contribution in [3.8, 4) is 0 Å². The molecule has 2 aliphatic heterocycles. The molecule has 35 heavy (non-hydrogen) atoms. The van der Waals surface area contributed by atoms with Crippen molar-refractivity contribution in [2.24, 2.45) is 4.99 Å². The maximum atomic E-state index is 14.0. The molecule has 1 unspecified atom stereocenters. The van der Waals surface area contributed by atoms with Gasteiger partial charge in [-0.3, -0.25) is 14.2 Å². The Labute approximate surface area is 209 Å². The molecule has 0 fully saturated rings. The fourth-order valence-electron chi connectivity index (χ4n) is 4.51. The number of anilines is 1. The van der Waals surface area contributed by atoms with Crippen LogP contribution in [0.15, 0.2) is 75.5 Å². The van der Waals surface area contributed by atoms with Crippen LogP contribution in [0.4, 0.5) is 5.69 Å². The first kappa shape index (κ1) is 23.2. The molecule has 9 heteroatoms. The predicted molar refractivity (Wildman–Crippen MR) is 137 cm³/mol. The smallest absolute Gasteiger partial charge is 0.338 e. The van der Waals surface area contributed by atoms with Gasteiger partial charge in [0, 0.05) is 17.0 Å². The summed E-state index contributed by atoms with van der Waals surface area (Å²) in [6.07, 6.45) is 2.29. The van der Waals surface area contributed by atoms with Crippen LogP contribution in [0, 0.1) is 0 Å². The van der Waals surface area contributed by atoms with Gasteiger partial charge in [-0.1, -0.05) is 55.2 Å².